The van der Waals surface area contributed by atoms with Gasteiger partial charge in [0.2, 0.25) is 0 Å². The highest BCUT2D eigenvalue weighted by Crippen LogP contribution is 2.40. The Kier molecular flexibility index (Phi) is 3.41. The summed E-state index contributed by atoms with van der Waals surface area (Å²) in [7, 11) is 1.59. The van der Waals surface area contributed by atoms with Gasteiger partial charge in [-0.05, 0) is 13.8 Å². The van der Waals surface area contributed by atoms with Crippen LogP contribution in [0, 0.1) is 16.5 Å². The van der Waals surface area contributed by atoms with Crippen molar-refractivity contribution in [3.05, 3.63) is 5.21 Å². The molecule has 15 heavy (non-hydrogen) atoms. The van der Waals surface area contributed by atoms with E-state index >= 15 is 0 Å². The molecule has 1 atom stereocenters. The summed E-state index contributed by atoms with van der Waals surface area (Å²) in [6.07, 6.45) is 1.74. The zero-order valence-electron chi connectivity index (χ0n) is 10.2. The highest BCUT2D eigenvalue weighted by molar-refractivity contribution is 5.62. The molecule has 0 spiro atoms. The normalized spacial score (nSPS) is 27.8. The van der Waals surface area contributed by atoms with Crippen LogP contribution in [-0.2, 0) is 9.47 Å². The number of rotatable bonds is 4. The van der Waals surface area contributed by atoms with E-state index in [0.717, 1.165) is 4.74 Å². The second-order valence-electron chi connectivity index (χ2n) is 5.26. The Morgan fingerprint density at radius 2 is 1.93 bits per heavy atom. The third kappa shape index (κ3) is 2.32. The minimum absolute atomic E-state index is 0.126. The monoisotopic (exact) mass is 215 g/mol. The van der Waals surface area contributed by atoms with Crippen LogP contribution < -0.4 is 0 Å². The first-order chi connectivity index (χ1) is 6.82. The SMILES string of the molecule is COCOCC1C(C)(C)C=[N+]([O-])C1(C)C. The van der Waals surface area contributed by atoms with Gasteiger partial charge in [-0.3, -0.25) is 0 Å². The molecule has 0 aliphatic carbocycles. The number of hydrogen-bond acceptors (Lipinski definition) is 3. The molecule has 88 valence electrons. The summed E-state index contributed by atoms with van der Waals surface area (Å²) < 4.78 is 11.3. The van der Waals surface area contributed by atoms with Gasteiger partial charge in [0.25, 0.3) is 0 Å². The number of ether oxygens (including phenoxy) is 2. The fourth-order valence-electron chi connectivity index (χ4n) is 2.29. The molecule has 0 aromatic carbocycles. The molecule has 0 aromatic heterocycles. The molecule has 0 radical (unpaired) electrons. The number of hydroxylamine groups is 1. The molecular formula is C11H21NO3. The lowest BCUT2D eigenvalue weighted by atomic mass is 9.73. The summed E-state index contributed by atoms with van der Waals surface area (Å²) in [6.45, 7) is 8.85. The van der Waals surface area contributed by atoms with Crippen LogP contribution in [0.3, 0.4) is 0 Å². The van der Waals surface area contributed by atoms with E-state index in [2.05, 4.69) is 13.8 Å². The number of methoxy groups -OCH3 is 1. The summed E-state index contributed by atoms with van der Waals surface area (Å²) in [4.78, 5) is 0. The van der Waals surface area contributed by atoms with Crippen molar-refractivity contribution in [3.63, 3.8) is 0 Å². The Balaban J connectivity index is 2.70. The summed E-state index contributed by atoms with van der Waals surface area (Å²) in [5.74, 6) is 0.178. The summed E-state index contributed by atoms with van der Waals surface area (Å²) in [5, 5.41) is 11.7. The Bertz CT molecular complexity index is 259. The third-order valence-electron chi connectivity index (χ3n) is 3.25. The first-order valence-corrected chi connectivity index (χ1v) is 5.21. The standard InChI is InChI=1S/C11H21NO3/c1-10(2)7-12(13)11(3,4)9(10)6-15-8-14-5/h7,9H,6,8H2,1-5H3. The molecule has 0 aromatic rings. The molecule has 4 nitrogen and oxygen atoms in total. The maximum absolute atomic E-state index is 11.7. The van der Waals surface area contributed by atoms with E-state index in [1.807, 2.05) is 13.8 Å². The van der Waals surface area contributed by atoms with Crippen molar-refractivity contribution in [2.75, 3.05) is 20.5 Å². The minimum atomic E-state index is -0.406. The van der Waals surface area contributed by atoms with Crippen LogP contribution in [0.2, 0.25) is 0 Å². The van der Waals surface area contributed by atoms with Gasteiger partial charge in [-0.2, -0.15) is 0 Å². The largest absolute Gasteiger partial charge is 0.624 e. The van der Waals surface area contributed by atoms with Crippen molar-refractivity contribution < 1.29 is 14.2 Å². The molecular weight excluding hydrogens is 194 g/mol. The molecule has 0 bridgehead atoms. The van der Waals surface area contributed by atoms with Crippen molar-refractivity contribution >= 4 is 6.21 Å². The van der Waals surface area contributed by atoms with Crippen LogP contribution in [0.15, 0.2) is 0 Å². The van der Waals surface area contributed by atoms with Gasteiger partial charge in [0.1, 0.15) is 6.79 Å². The Morgan fingerprint density at radius 3 is 2.33 bits per heavy atom. The molecule has 0 fully saturated rings. The average Bonchev–Trinajstić information content (AvgIpc) is 2.24. The van der Waals surface area contributed by atoms with Crippen LogP contribution in [-0.4, -0.2) is 37.0 Å². The molecule has 1 rings (SSSR count). The lowest BCUT2D eigenvalue weighted by molar-refractivity contribution is -0.537. The summed E-state index contributed by atoms with van der Waals surface area (Å²) in [6, 6.07) is 0. The molecule has 1 aliphatic rings. The van der Waals surface area contributed by atoms with E-state index in [1.165, 1.54) is 0 Å². The Morgan fingerprint density at radius 1 is 1.33 bits per heavy atom. The van der Waals surface area contributed by atoms with E-state index in [1.54, 1.807) is 13.3 Å². The van der Waals surface area contributed by atoms with Crippen molar-refractivity contribution in [1.82, 2.24) is 0 Å². The van der Waals surface area contributed by atoms with E-state index in [9.17, 15) is 5.21 Å². The summed E-state index contributed by atoms with van der Waals surface area (Å²) in [5.41, 5.74) is -0.532. The number of nitrogens with zero attached hydrogens (tertiary/aromatic N) is 1. The lowest BCUT2D eigenvalue weighted by Gasteiger charge is -2.30. The molecule has 0 N–H and O–H groups in total. The predicted octanol–water partition coefficient (Wildman–Crippen LogP) is 1.62. The first-order valence-electron chi connectivity index (χ1n) is 5.21. The van der Waals surface area contributed by atoms with E-state index in [4.69, 9.17) is 9.47 Å². The third-order valence-corrected chi connectivity index (χ3v) is 3.25. The van der Waals surface area contributed by atoms with Crippen molar-refractivity contribution in [2.45, 2.75) is 33.2 Å². The predicted molar refractivity (Wildman–Crippen MR) is 58.9 cm³/mol. The zero-order chi connectivity index (χ0) is 11.7. The second kappa shape index (κ2) is 4.10. The maximum Gasteiger partial charge on any atom is 0.173 e. The molecule has 0 saturated heterocycles. The highest BCUT2D eigenvalue weighted by atomic mass is 16.7. The Hall–Kier alpha value is -0.610. The van der Waals surface area contributed by atoms with Crippen LogP contribution in [0.1, 0.15) is 27.7 Å². The van der Waals surface area contributed by atoms with E-state index < -0.39 is 5.54 Å². The molecule has 1 aliphatic heterocycles. The van der Waals surface area contributed by atoms with Crippen LogP contribution >= 0.6 is 0 Å². The van der Waals surface area contributed by atoms with Crippen LogP contribution in [0.5, 0.6) is 0 Å². The molecule has 1 unspecified atom stereocenters. The van der Waals surface area contributed by atoms with Gasteiger partial charge in [-0.25, -0.2) is 4.74 Å². The van der Waals surface area contributed by atoms with Crippen LogP contribution in [0.4, 0.5) is 0 Å². The summed E-state index contributed by atoms with van der Waals surface area (Å²) >= 11 is 0. The van der Waals surface area contributed by atoms with Gasteiger partial charge in [0.05, 0.1) is 17.9 Å². The molecule has 4 heteroatoms. The smallest absolute Gasteiger partial charge is 0.173 e. The average molecular weight is 215 g/mol. The second-order valence-corrected chi connectivity index (χ2v) is 5.26. The van der Waals surface area contributed by atoms with Gasteiger partial charge in [-0.1, -0.05) is 0 Å². The topological polar surface area (TPSA) is 44.5 Å². The van der Waals surface area contributed by atoms with Gasteiger partial charge in [0, 0.05) is 21.0 Å². The van der Waals surface area contributed by atoms with Gasteiger partial charge in [0.15, 0.2) is 11.8 Å². The van der Waals surface area contributed by atoms with Crippen LogP contribution in [0.25, 0.3) is 0 Å². The van der Waals surface area contributed by atoms with Crippen molar-refractivity contribution in [1.29, 1.82) is 0 Å². The first kappa shape index (κ1) is 12.5. The quantitative estimate of drug-likeness (QED) is 0.310. The molecule has 0 amide bonds. The fourth-order valence-corrected chi connectivity index (χ4v) is 2.29. The molecule has 0 saturated carbocycles. The molecule has 1 heterocycles. The van der Waals surface area contributed by atoms with E-state index in [0.29, 0.717) is 6.61 Å². The lowest BCUT2D eigenvalue weighted by Crippen LogP contribution is -2.42. The van der Waals surface area contributed by atoms with Gasteiger partial charge in [-0.15, -0.1) is 0 Å². The number of hydrogen-bond donors (Lipinski definition) is 0. The highest BCUT2D eigenvalue weighted by Gasteiger charge is 2.52. The van der Waals surface area contributed by atoms with Gasteiger partial charge >= 0.3 is 0 Å². The Labute approximate surface area is 91.5 Å². The maximum atomic E-state index is 11.7. The van der Waals surface area contributed by atoms with Crippen molar-refractivity contribution in [3.8, 4) is 0 Å². The zero-order valence-corrected chi connectivity index (χ0v) is 10.2. The fraction of sp³-hybridized carbons (Fsp3) is 0.909. The van der Waals surface area contributed by atoms with E-state index in [-0.39, 0.29) is 18.1 Å². The van der Waals surface area contributed by atoms with Gasteiger partial charge < -0.3 is 14.7 Å². The van der Waals surface area contributed by atoms with Crippen molar-refractivity contribution in [2.24, 2.45) is 11.3 Å². The minimum Gasteiger partial charge on any atom is -0.624 e.